The molecule has 0 aliphatic carbocycles. The van der Waals surface area contributed by atoms with Crippen LogP contribution in [0.5, 0.6) is 0 Å². The minimum atomic E-state index is -1.83. The molecule has 44 valence electrons. The van der Waals surface area contributed by atoms with Gasteiger partial charge < -0.3 is 6.15 Å². The lowest BCUT2D eigenvalue weighted by molar-refractivity contribution is 0.302. The second-order valence-corrected chi connectivity index (χ2v) is 1.77. The van der Waals surface area contributed by atoms with Gasteiger partial charge in [-0.25, -0.2) is 0 Å². The average Bonchev–Trinajstić information content (AvgIpc) is 1.65. The lowest BCUT2D eigenvalue weighted by Crippen LogP contribution is -1.66. The first-order valence-corrected chi connectivity index (χ1v) is 2.46. The molecule has 0 aliphatic heterocycles. The lowest BCUT2D eigenvalue weighted by atomic mass is 11.8. The van der Waals surface area contributed by atoms with Crippen molar-refractivity contribution in [3.05, 3.63) is 0 Å². The Balaban J connectivity index is 0. The highest BCUT2D eigenvalue weighted by Crippen LogP contribution is 2.18. The lowest BCUT2D eigenvalue weighted by Gasteiger charge is -1.66. The predicted molar refractivity (Wildman–Crippen MR) is 26.6 cm³/mol. The highest BCUT2D eigenvalue weighted by atomic mass is 31.1. The van der Waals surface area contributed by atoms with E-state index in [1.165, 1.54) is 14.2 Å². The Hall–Kier alpha value is -0.0200. The van der Waals surface area contributed by atoms with E-state index in [0.717, 1.165) is 0 Å². The number of hydrogen-bond acceptors (Lipinski definition) is 4. The molecule has 0 spiro atoms. The number of hydrogen-bond donors (Lipinski definition) is 1. The molecular weight excluding hydrogens is 117 g/mol. The minimum Gasteiger partial charge on any atom is -0.344 e. The fourth-order valence-electron chi connectivity index (χ4n) is 0.0745. The van der Waals surface area contributed by atoms with Gasteiger partial charge in [-0.1, -0.05) is 0 Å². The van der Waals surface area contributed by atoms with Crippen molar-refractivity contribution < 1.29 is 13.6 Å². The Kier molecular flexibility index (Phi) is 8.60. The van der Waals surface area contributed by atoms with E-state index in [0.29, 0.717) is 0 Å². The van der Waals surface area contributed by atoms with Crippen molar-refractivity contribution in [2.24, 2.45) is 0 Å². The molecule has 0 aromatic heterocycles. The molecule has 3 N–H and O–H groups in total. The zero-order valence-electron chi connectivity index (χ0n) is 4.38. The summed E-state index contributed by atoms with van der Waals surface area (Å²) in [7, 11) is 0.817. The zero-order valence-corrected chi connectivity index (χ0v) is 5.27. The summed E-state index contributed by atoms with van der Waals surface area (Å²) in [6, 6.07) is 0. The molecule has 0 radical (unpaired) electrons. The maximum absolute atomic E-state index is 9.88. The summed E-state index contributed by atoms with van der Waals surface area (Å²) in [5.41, 5.74) is 0. The molecule has 4 nitrogen and oxygen atoms in total. The van der Waals surface area contributed by atoms with Crippen molar-refractivity contribution in [3.63, 3.8) is 0 Å². The fourth-order valence-corrected chi connectivity index (χ4v) is 0.224. The summed E-state index contributed by atoms with van der Waals surface area (Å²) < 4.78 is 18.3. The van der Waals surface area contributed by atoms with Crippen LogP contribution in [0.25, 0.3) is 0 Å². The Morgan fingerprint density at radius 1 is 1.29 bits per heavy atom. The van der Waals surface area contributed by atoms with Crippen LogP contribution in [0, 0.1) is 0 Å². The molecule has 0 saturated carbocycles. The summed E-state index contributed by atoms with van der Waals surface area (Å²) in [5, 5.41) is 0. The first-order valence-electron chi connectivity index (χ1n) is 1.36. The van der Waals surface area contributed by atoms with Crippen molar-refractivity contribution in [1.82, 2.24) is 6.15 Å². The topological polar surface area (TPSA) is 70.5 Å². The SMILES string of the molecule is CO[P+](=O)OC.N. The van der Waals surface area contributed by atoms with Crippen LogP contribution in [-0.2, 0) is 13.6 Å². The molecule has 0 aliphatic rings. The molecule has 5 heteroatoms. The van der Waals surface area contributed by atoms with Crippen LogP contribution in [0.4, 0.5) is 0 Å². The summed E-state index contributed by atoms with van der Waals surface area (Å²) in [6.45, 7) is 0. The molecule has 0 amide bonds. The standard InChI is InChI=1S/C2H6O3P.H3N/c1-4-6(3)5-2;/h1-2H3;1H3/q+1;. The largest absolute Gasteiger partial charge is 0.696 e. The van der Waals surface area contributed by atoms with E-state index in [1.54, 1.807) is 0 Å². The van der Waals surface area contributed by atoms with Crippen LogP contribution < -0.4 is 6.15 Å². The van der Waals surface area contributed by atoms with Gasteiger partial charge in [0.15, 0.2) is 0 Å². The molecule has 7 heavy (non-hydrogen) atoms. The quantitative estimate of drug-likeness (QED) is 0.562. The van der Waals surface area contributed by atoms with Gasteiger partial charge in [0, 0.05) is 4.57 Å². The maximum atomic E-state index is 9.88. The van der Waals surface area contributed by atoms with Crippen LogP contribution in [-0.4, -0.2) is 14.2 Å². The van der Waals surface area contributed by atoms with Crippen LogP contribution >= 0.6 is 8.25 Å². The van der Waals surface area contributed by atoms with Crippen LogP contribution in [0.15, 0.2) is 0 Å². The van der Waals surface area contributed by atoms with Crippen molar-refractivity contribution >= 4 is 8.25 Å². The van der Waals surface area contributed by atoms with Gasteiger partial charge in [0.2, 0.25) is 0 Å². The Morgan fingerprint density at radius 3 is 1.57 bits per heavy atom. The first-order chi connectivity index (χ1) is 2.81. The van der Waals surface area contributed by atoms with E-state index in [9.17, 15) is 4.57 Å². The van der Waals surface area contributed by atoms with E-state index >= 15 is 0 Å². The highest BCUT2D eigenvalue weighted by molar-refractivity contribution is 7.33. The van der Waals surface area contributed by atoms with Gasteiger partial charge in [-0.3, -0.25) is 0 Å². The molecule has 0 aromatic carbocycles. The van der Waals surface area contributed by atoms with Crippen molar-refractivity contribution in [1.29, 1.82) is 0 Å². The summed E-state index contributed by atoms with van der Waals surface area (Å²) in [5.74, 6) is 0. The van der Waals surface area contributed by atoms with Crippen molar-refractivity contribution in [2.45, 2.75) is 0 Å². The minimum absolute atomic E-state index is 0. The normalized spacial score (nSPS) is 7.14. The van der Waals surface area contributed by atoms with Crippen molar-refractivity contribution in [3.8, 4) is 0 Å². The van der Waals surface area contributed by atoms with Crippen LogP contribution in [0.2, 0.25) is 0 Å². The van der Waals surface area contributed by atoms with Gasteiger partial charge in [-0.2, -0.15) is 0 Å². The Bertz CT molecular complexity index is 50.9. The summed E-state index contributed by atoms with van der Waals surface area (Å²) >= 11 is 0. The van der Waals surface area contributed by atoms with Gasteiger partial charge in [0.05, 0.1) is 14.2 Å². The van der Waals surface area contributed by atoms with Gasteiger partial charge in [0.1, 0.15) is 0 Å². The molecule has 0 unspecified atom stereocenters. The zero-order chi connectivity index (χ0) is 4.99. The fraction of sp³-hybridized carbons (Fsp3) is 1.00. The van der Waals surface area contributed by atoms with E-state index < -0.39 is 8.25 Å². The average molecular weight is 126 g/mol. The Labute approximate surface area is 43.3 Å². The smallest absolute Gasteiger partial charge is 0.344 e. The van der Waals surface area contributed by atoms with E-state index in [2.05, 4.69) is 9.05 Å². The summed E-state index contributed by atoms with van der Waals surface area (Å²) in [6.07, 6.45) is 0. The molecule has 0 bridgehead atoms. The molecule has 0 fully saturated rings. The van der Waals surface area contributed by atoms with Crippen LogP contribution in [0.3, 0.4) is 0 Å². The maximum Gasteiger partial charge on any atom is 0.696 e. The van der Waals surface area contributed by atoms with Crippen LogP contribution in [0.1, 0.15) is 0 Å². The second-order valence-electron chi connectivity index (χ2n) is 0.589. The molecular formula is C2H9NO3P+. The van der Waals surface area contributed by atoms with Gasteiger partial charge in [0.25, 0.3) is 0 Å². The third-order valence-corrected chi connectivity index (χ3v) is 0.894. The van der Waals surface area contributed by atoms with Crippen molar-refractivity contribution in [2.75, 3.05) is 14.2 Å². The molecule has 0 rings (SSSR count). The predicted octanol–water partition coefficient (Wildman–Crippen LogP) is 1.10. The van der Waals surface area contributed by atoms with Gasteiger partial charge in [-0.15, -0.1) is 9.05 Å². The molecule has 0 atom stereocenters. The highest BCUT2D eigenvalue weighted by Gasteiger charge is 2.10. The van der Waals surface area contributed by atoms with Gasteiger partial charge in [-0.05, 0) is 0 Å². The Morgan fingerprint density at radius 2 is 1.57 bits per heavy atom. The van der Waals surface area contributed by atoms with E-state index in [-0.39, 0.29) is 6.15 Å². The van der Waals surface area contributed by atoms with E-state index in [4.69, 9.17) is 0 Å². The van der Waals surface area contributed by atoms with E-state index in [1.807, 2.05) is 0 Å². The monoisotopic (exact) mass is 126 g/mol. The van der Waals surface area contributed by atoms with Gasteiger partial charge >= 0.3 is 8.25 Å². The second kappa shape index (κ2) is 5.98. The third-order valence-electron chi connectivity index (χ3n) is 0.298. The molecule has 0 saturated heterocycles. The molecule has 0 aromatic rings. The molecule has 0 heterocycles. The summed E-state index contributed by atoms with van der Waals surface area (Å²) in [4.78, 5) is 0. The third kappa shape index (κ3) is 5.98. The number of rotatable bonds is 2. The first kappa shape index (κ1) is 10.1.